The lowest BCUT2D eigenvalue weighted by Crippen LogP contribution is -2.39. The van der Waals surface area contributed by atoms with E-state index in [1.165, 1.54) is 11.1 Å². The smallest absolute Gasteiger partial charge is 0.226 e. The zero-order valence-corrected chi connectivity index (χ0v) is 10.4. The minimum Gasteiger partial charge on any atom is -0.338 e. The lowest BCUT2D eigenvalue weighted by molar-refractivity contribution is -0.135. The first-order valence-corrected chi connectivity index (χ1v) is 6.32. The van der Waals surface area contributed by atoms with Crippen LogP contribution in [-0.2, 0) is 17.8 Å². The minimum atomic E-state index is 0.0218. The molecule has 0 aliphatic carbocycles. The number of thiol groups is 1. The molecule has 1 amide bonds. The molecule has 86 valence electrons. The van der Waals surface area contributed by atoms with Gasteiger partial charge >= 0.3 is 0 Å². The van der Waals surface area contributed by atoms with E-state index in [9.17, 15) is 4.79 Å². The lowest BCUT2D eigenvalue weighted by Gasteiger charge is -2.30. The molecule has 0 bridgehead atoms. The fourth-order valence-electron chi connectivity index (χ4n) is 2.07. The van der Waals surface area contributed by atoms with Crippen LogP contribution in [0.4, 0.5) is 0 Å². The Morgan fingerprint density at radius 3 is 2.81 bits per heavy atom. The summed E-state index contributed by atoms with van der Waals surface area (Å²) < 4.78 is 0. The number of hydrogen-bond acceptors (Lipinski definition) is 2. The molecule has 16 heavy (non-hydrogen) atoms. The Hall–Kier alpha value is -0.960. The van der Waals surface area contributed by atoms with Crippen molar-refractivity contribution in [1.29, 1.82) is 0 Å². The Morgan fingerprint density at radius 1 is 1.44 bits per heavy atom. The van der Waals surface area contributed by atoms with Gasteiger partial charge in [0, 0.05) is 24.8 Å². The number of nitrogens with zero attached hydrogens (tertiary/aromatic N) is 1. The number of fused-ring (bicyclic) bond motifs is 1. The lowest BCUT2D eigenvalue weighted by atomic mass is 9.99. The normalized spacial score (nSPS) is 16.8. The highest BCUT2D eigenvalue weighted by molar-refractivity contribution is 7.80. The molecule has 1 aromatic rings. The van der Waals surface area contributed by atoms with Crippen LogP contribution in [0.5, 0.6) is 0 Å². The van der Waals surface area contributed by atoms with Crippen LogP contribution < -0.4 is 0 Å². The number of carbonyl (C=O) groups is 1. The molecule has 1 unspecified atom stereocenters. The third-order valence-electron chi connectivity index (χ3n) is 3.14. The summed E-state index contributed by atoms with van der Waals surface area (Å²) in [7, 11) is 0. The molecule has 0 N–H and O–H groups in total. The van der Waals surface area contributed by atoms with Gasteiger partial charge in [-0.15, -0.1) is 0 Å². The van der Waals surface area contributed by atoms with Crippen LogP contribution >= 0.6 is 12.6 Å². The van der Waals surface area contributed by atoms with E-state index in [1.54, 1.807) is 0 Å². The van der Waals surface area contributed by atoms with Crippen LogP contribution in [0.25, 0.3) is 0 Å². The molecule has 0 spiro atoms. The number of carbonyl (C=O) groups excluding carboxylic acids is 1. The van der Waals surface area contributed by atoms with Crippen LogP contribution in [0.1, 0.15) is 18.1 Å². The van der Waals surface area contributed by atoms with Gasteiger partial charge in [-0.3, -0.25) is 4.79 Å². The molecule has 0 aromatic heterocycles. The Bertz CT molecular complexity index is 391. The number of rotatable bonds is 2. The first-order chi connectivity index (χ1) is 7.72. The summed E-state index contributed by atoms with van der Waals surface area (Å²) in [6.07, 6.45) is 0.973. The van der Waals surface area contributed by atoms with Crippen LogP contribution in [0.2, 0.25) is 0 Å². The van der Waals surface area contributed by atoms with Crippen molar-refractivity contribution in [3.05, 3.63) is 35.4 Å². The summed E-state index contributed by atoms with van der Waals surface area (Å²) in [5.41, 5.74) is 2.67. The second-order valence-corrected chi connectivity index (χ2v) is 4.73. The first kappa shape index (κ1) is 11.5. The molecule has 1 aliphatic heterocycles. The van der Waals surface area contributed by atoms with Gasteiger partial charge in [-0.05, 0) is 17.5 Å². The average molecular weight is 235 g/mol. The third kappa shape index (κ3) is 2.24. The molecule has 1 aliphatic rings. The van der Waals surface area contributed by atoms with Crippen molar-refractivity contribution in [2.45, 2.75) is 19.9 Å². The first-order valence-electron chi connectivity index (χ1n) is 5.69. The number of amides is 1. The molecule has 0 saturated heterocycles. The second-order valence-electron chi connectivity index (χ2n) is 4.36. The van der Waals surface area contributed by atoms with Crippen molar-refractivity contribution in [3.8, 4) is 0 Å². The van der Waals surface area contributed by atoms with Gasteiger partial charge < -0.3 is 4.90 Å². The maximum Gasteiger partial charge on any atom is 0.226 e. The molecular formula is C13H17NOS. The fourth-order valence-corrected chi connectivity index (χ4v) is 2.23. The van der Waals surface area contributed by atoms with Gasteiger partial charge in [0.2, 0.25) is 5.91 Å². The van der Waals surface area contributed by atoms with Gasteiger partial charge in [-0.25, -0.2) is 0 Å². The summed E-state index contributed by atoms with van der Waals surface area (Å²) in [6.45, 7) is 3.54. The molecule has 2 nitrogen and oxygen atoms in total. The molecule has 1 aromatic carbocycles. The van der Waals surface area contributed by atoms with Gasteiger partial charge in [-0.2, -0.15) is 12.6 Å². The van der Waals surface area contributed by atoms with Crippen molar-refractivity contribution < 1.29 is 4.79 Å². The van der Waals surface area contributed by atoms with Gasteiger partial charge in [0.15, 0.2) is 0 Å². The van der Waals surface area contributed by atoms with Crippen LogP contribution in [0.15, 0.2) is 24.3 Å². The minimum absolute atomic E-state index is 0.0218. The van der Waals surface area contributed by atoms with Crippen molar-refractivity contribution >= 4 is 18.5 Å². The van der Waals surface area contributed by atoms with Crippen molar-refractivity contribution in [2.75, 3.05) is 12.3 Å². The maximum absolute atomic E-state index is 12.0. The fraction of sp³-hybridized carbons (Fsp3) is 0.462. The molecule has 3 heteroatoms. The third-order valence-corrected chi connectivity index (χ3v) is 3.69. The van der Waals surface area contributed by atoms with Crippen molar-refractivity contribution in [3.63, 3.8) is 0 Å². The van der Waals surface area contributed by atoms with Gasteiger partial charge in [-0.1, -0.05) is 31.2 Å². The summed E-state index contributed by atoms with van der Waals surface area (Å²) in [5.74, 6) is 0.870. The molecule has 1 atom stereocenters. The Kier molecular flexibility index (Phi) is 3.54. The summed E-state index contributed by atoms with van der Waals surface area (Å²) in [5, 5.41) is 0. The van der Waals surface area contributed by atoms with Gasteiger partial charge in [0.05, 0.1) is 0 Å². The quantitative estimate of drug-likeness (QED) is 0.779. The molecule has 0 radical (unpaired) electrons. The molecule has 0 saturated carbocycles. The van der Waals surface area contributed by atoms with E-state index in [2.05, 4.69) is 30.8 Å². The Morgan fingerprint density at radius 2 is 2.12 bits per heavy atom. The number of hydrogen-bond donors (Lipinski definition) is 1. The highest BCUT2D eigenvalue weighted by Gasteiger charge is 2.23. The van der Waals surface area contributed by atoms with Crippen LogP contribution in [0, 0.1) is 5.92 Å². The molecule has 1 heterocycles. The number of benzene rings is 1. The Labute approximate surface area is 102 Å². The monoisotopic (exact) mass is 235 g/mol. The van der Waals surface area contributed by atoms with E-state index < -0.39 is 0 Å². The maximum atomic E-state index is 12.0. The van der Waals surface area contributed by atoms with E-state index in [1.807, 2.05) is 17.9 Å². The predicted octanol–water partition coefficient (Wildman–Crippen LogP) is 2.14. The summed E-state index contributed by atoms with van der Waals surface area (Å²) in [4.78, 5) is 14.0. The molecule has 0 fully saturated rings. The van der Waals surface area contributed by atoms with E-state index in [0.29, 0.717) is 5.75 Å². The highest BCUT2D eigenvalue weighted by Crippen LogP contribution is 2.20. The van der Waals surface area contributed by atoms with Crippen LogP contribution in [0.3, 0.4) is 0 Å². The highest BCUT2D eigenvalue weighted by atomic mass is 32.1. The van der Waals surface area contributed by atoms with Crippen molar-refractivity contribution in [2.24, 2.45) is 5.92 Å². The zero-order chi connectivity index (χ0) is 11.5. The molecule has 2 rings (SSSR count). The van der Waals surface area contributed by atoms with E-state index in [4.69, 9.17) is 0 Å². The zero-order valence-electron chi connectivity index (χ0n) is 9.52. The Balaban J connectivity index is 2.11. The second kappa shape index (κ2) is 4.91. The summed E-state index contributed by atoms with van der Waals surface area (Å²) >= 11 is 4.18. The molecular weight excluding hydrogens is 218 g/mol. The van der Waals surface area contributed by atoms with Crippen LogP contribution in [-0.4, -0.2) is 23.1 Å². The summed E-state index contributed by atoms with van der Waals surface area (Å²) in [6, 6.07) is 8.36. The van der Waals surface area contributed by atoms with Gasteiger partial charge in [0.1, 0.15) is 0 Å². The predicted molar refractivity (Wildman–Crippen MR) is 68.6 cm³/mol. The van der Waals surface area contributed by atoms with E-state index in [0.717, 1.165) is 19.5 Å². The van der Waals surface area contributed by atoms with E-state index in [-0.39, 0.29) is 11.8 Å². The van der Waals surface area contributed by atoms with Gasteiger partial charge in [0.25, 0.3) is 0 Å². The topological polar surface area (TPSA) is 20.3 Å². The SMILES string of the molecule is CC(CS)C(=O)N1CCc2ccccc2C1. The van der Waals surface area contributed by atoms with E-state index >= 15 is 0 Å². The standard InChI is InChI=1S/C13H17NOS/c1-10(9-16)13(15)14-7-6-11-4-2-3-5-12(11)8-14/h2-5,10,16H,6-9H2,1H3. The average Bonchev–Trinajstić information content (AvgIpc) is 2.36. The largest absolute Gasteiger partial charge is 0.338 e. The van der Waals surface area contributed by atoms with Crippen molar-refractivity contribution in [1.82, 2.24) is 4.90 Å².